The molecule has 0 aliphatic rings. The lowest BCUT2D eigenvalue weighted by atomic mass is 10.3. The van der Waals surface area contributed by atoms with Crippen molar-refractivity contribution in [1.29, 1.82) is 0 Å². The Bertz CT molecular complexity index is 821. The molecular weight excluding hydrogens is 307 g/mol. The summed E-state index contributed by atoms with van der Waals surface area (Å²) >= 11 is 0. The van der Waals surface area contributed by atoms with Crippen molar-refractivity contribution in [2.75, 3.05) is 23.8 Å². The number of nitrogens with zero attached hydrogens (tertiary/aromatic N) is 5. The van der Waals surface area contributed by atoms with Crippen LogP contribution in [-0.2, 0) is 0 Å². The lowest BCUT2D eigenvalue weighted by Crippen LogP contribution is -2.21. The van der Waals surface area contributed by atoms with Gasteiger partial charge >= 0.3 is 0 Å². The van der Waals surface area contributed by atoms with Crippen molar-refractivity contribution in [2.45, 2.75) is 19.8 Å². The minimum absolute atomic E-state index is 0.284. The van der Waals surface area contributed by atoms with Crippen LogP contribution < -0.4 is 10.2 Å². The largest absolute Gasteiger partial charge is 0.344 e. The van der Waals surface area contributed by atoms with Gasteiger partial charge in [0, 0.05) is 31.7 Å². The average Bonchev–Trinajstić information content (AvgIpc) is 2.61. The minimum Gasteiger partial charge on any atom is -0.344 e. The van der Waals surface area contributed by atoms with E-state index in [9.17, 15) is 4.39 Å². The maximum absolute atomic E-state index is 13.1. The Morgan fingerprint density at radius 1 is 1.08 bits per heavy atom. The molecule has 3 rings (SSSR count). The molecule has 2 aromatic heterocycles. The average molecular weight is 326 g/mol. The Morgan fingerprint density at radius 3 is 2.58 bits per heavy atom. The van der Waals surface area contributed by atoms with Crippen molar-refractivity contribution in [1.82, 2.24) is 19.9 Å². The van der Waals surface area contributed by atoms with Gasteiger partial charge in [-0.05, 0) is 30.7 Å². The third-order valence-corrected chi connectivity index (χ3v) is 3.62. The van der Waals surface area contributed by atoms with Gasteiger partial charge in [-0.15, -0.1) is 0 Å². The van der Waals surface area contributed by atoms with E-state index in [1.165, 1.54) is 12.1 Å². The molecule has 124 valence electrons. The number of hydrogen-bond donors (Lipinski definition) is 1. The normalized spacial score (nSPS) is 10.8. The number of unbranched alkanes of at least 4 members (excludes halogenated alkanes) is 1. The van der Waals surface area contributed by atoms with Gasteiger partial charge in [-0.25, -0.2) is 14.4 Å². The van der Waals surface area contributed by atoms with Gasteiger partial charge in [-0.3, -0.25) is 0 Å². The van der Waals surface area contributed by atoms with Gasteiger partial charge in [0.25, 0.3) is 0 Å². The second kappa shape index (κ2) is 7.16. The first kappa shape index (κ1) is 16.0. The molecule has 0 saturated carbocycles. The van der Waals surface area contributed by atoms with Crippen molar-refractivity contribution in [2.24, 2.45) is 0 Å². The summed E-state index contributed by atoms with van der Waals surface area (Å²) in [6, 6.07) is 6.09. The number of hydrogen-bond acceptors (Lipinski definition) is 6. The summed E-state index contributed by atoms with van der Waals surface area (Å²) in [4.78, 5) is 19.7. The molecular formula is C17H19FN6. The molecule has 0 bridgehead atoms. The standard InChI is InChI=1S/C17H19FN6/c1-3-4-11-24(2)17-22-15-14(19-9-10-20-15)16(23-17)21-13-7-5-12(18)6-8-13/h5-10H,3-4,11H2,1-2H3,(H,20,21,22,23). The molecule has 1 N–H and O–H groups in total. The first-order valence-electron chi connectivity index (χ1n) is 7.90. The van der Waals surface area contributed by atoms with E-state index in [0.29, 0.717) is 22.9 Å². The molecule has 6 nitrogen and oxygen atoms in total. The Labute approximate surface area is 139 Å². The molecule has 24 heavy (non-hydrogen) atoms. The summed E-state index contributed by atoms with van der Waals surface area (Å²) in [5, 5.41) is 3.18. The van der Waals surface area contributed by atoms with Crippen molar-refractivity contribution < 1.29 is 4.39 Å². The van der Waals surface area contributed by atoms with Gasteiger partial charge in [0.1, 0.15) is 5.82 Å². The number of rotatable bonds is 6. The predicted molar refractivity (Wildman–Crippen MR) is 93.0 cm³/mol. The molecule has 0 saturated heterocycles. The highest BCUT2D eigenvalue weighted by Gasteiger charge is 2.13. The van der Waals surface area contributed by atoms with Gasteiger partial charge in [0.15, 0.2) is 17.0 Å². The van der Waals surface area contributed by atoms with Crippen LogP contribution in [0.2, 0.25) is 0 Å². The van der Waals surface area contributed by atoms with E-state index >= 15 is 0 Å². The van der Waals surface area contributed by atoms with Crippen LogP contribution in [0.4, 0.5) is 21.8 Å². The summed E-state index contributed by atoms with van der Waals surface area (Å²) in [5.74, 6) is 0.854. The second-order valence-corrected chi connectivity index (χ2v) is 5.51. The predicted octanol–water partition coefficient (Wildman–Crippen LogP) is 3.54. The maximum atomic E-state index is 13.1. The van der Waals surface area contributed by atoms with E-state index in [4.69, 9.17) is 0 Å². The monoisotopic (exact) mass is 326 g/mol. The lowest BCUT2D eigenvalue weighted by molar-refractivity contribution is 0.628. The summed E-state index contributed by atoms with van der Waals surface area (Å²) in [6.07, 6.45) is 5.35. The first-order valence-corrected chi connectivity index (χ1v) is 7.90. The topological polar surface area (TPSA) is 66.8 Å². The van der Waals surface area contributed by atoms with Crippen LogP contribution >= 0.6 is 0 Å². The van der Waals surface area contributed by atoms with Gasteiger partial charge in [-0.1, -0.05) is 13.3 Å². The fourth-order valence-electron chi connectivity index (χ4n) is 2.28. The molecule has 0 amide bonds. The first-order chi connectivity index (χ1) is 11.7. The smallest absolute Gasteiger partial charge is 0.229 e. The highest BCUT2D eigenvalue weighted by molar-refractivity contribution is 5.85. The number of benzene rings is 1. The van der Waals surface area contributed by atoms with Crippen LogP contribution in [-0.4, -0.2) is 33.5 Å². The van der Waals surface area contributed by atoms with Gasteiger partial charge < -0.3 is 10.2 Å². The van der Waals surface area contributed by atoms with Crippen molar-refractivity contribution in [3.05, 3.63) is 42.5 Å². The SMILES string of the molecule is CCCCN(C)c1nc(Nc2ccc(F)cc2)c2nccnc2n1. The molecule has 7 heteroatoms. The number of aromatic nitrogens is 4. The van der Waals surface area contributed by atoms with Crippen molar-refractivity contribution in [3.63, 3.8) is 0 Å². The van der Waals surface area contributed by atoms with Gasteiger partial charge in [0.05, 0.1) is 0 Å². The van der Waals surface area contributed by atoms with Crippen LogP contribution in [0.3, 0.4) is 0 Å². The fraction of sp³-hybridized carbons (Fsp3) is 0.294. The van der Waals surface area contributed by atoms with Gasteiger partial charge in [0.2, 0.25) is 5.95 Å². The molecule has 0 spiro atoms. The molecule has 0 fully saturated rings. The molecule has 1 aromatic carbocycles. The van der Waals surface area contributed by atoms with Crippen molar-refractivity contribution in [3.8, 4) is 0 Å². The Morgan fingerprint density at radius 2 is 1.83 bits per heavy atom. The zero-order valence-electron chi connectivity index (χ0n) is 13.7. The Balaban J connectivity index is 1.99. The van der Waals surface area contributed by atoms with E-state index < -0.39 is 0 Å². The molecule has 0 radical (unpaired) electrons. The molecule has 0 atom stereocenters. The van der Waals surface area contributed by atoms with Crippen LogP contribution in [0.15, 0.2) is 36.7 Å². The minimum atomic E-state index is -0.284. The Kier molecular flexibility index (Phi) is 4.79. The summed E-state index contributed by atoms with van der Waals surface area (Å²) in [5.41, 5.74) is 1.83. The third kappa shape index (κ3) is 3.56. The highest BCUT2D eigenvalue weighted by atomic mass is 19.1. The van der Waals surface area contributed by atoms with E-state index in [0.717, 1.165) is 25.1 Å². The zero-order valence-corrected chi connectivity index (χ0v) is 13.7. The number of nitrogens with one attached hydrogen (secondary N) is 1. The Hall–Kier alpha value is -2.83. The van der Waals surface area contributed by atoms with Crippen LogP contribution in [0.5, 0.6) is 0 Å². The third-order valence-electron chi connectivity index (χ3n) is 3.62. The molecule has 0 unspecified atom stereocenters. The van der Waals surface area contributed by atoms with E-state index in [1.54, 1.807) is 24.5 Å². The zero-order chi connectivity index (χ0) is 16.9. The fourth-order valence-corrected chi connectivity index (χ4v) is 2.28. The lowest BCUT2D eigenvalue weighted by Gasteiger charge is -2.18. The summed E-state index contributed by atoms with van der Waals surface area (Å²) in [6.45, 7) is 3.00. The second-order valence-electron chi connectivity index (χ2n) is 5.51. The maximum Gasteiger partial charge on any atom is 0.229 e. The van der Waals surface area contributed by atoms with E-state index in [1.807, 2.05) is 11.9 Å². The molecule has 2 heterocycles. The quantitative estimate of drug-likeness (QED) is 0.747. The number of anilines is 3. The van der Waals surface area contributed by atoms with E-state index in [2.05, 4.69) is 32.2 Å². The molecule has 0 aliphatic carbocycles. The summed E-state index contributed by atoms with van der Waals surface area (Å²) in [7, 11) is 1.95. The summed E-state index contributed by atoms with van der Waals surface area (Å²) < 4.78 is 13.1. The number of halogens is 1. The van der Waals surface area contributed by atoms with Gasteiger partial charge in [-0.2, -0.15) is 9.97 Å². The van der Waals surface area contributed by atoms with Crippen molar-refractivity contribution >= 4 is 28.6 Å². The molecule has 3 aromatic rings. The van der Waals surface area contributed by atoms with Crippen LogP contribution in [0, 0.1) is 5.82 Å². The molecule has 0 aliphatic heterocycles. The highest BCUT2D eigenvalue weighted by Crippen LogP contribution is 2.23. The van der Waals surface area contributed by atoms with E-state index in [-0.39, 0.29) is 5.82 Å². The van der Waals surface area contributed by atoms with Crippen LogP contribution in [0.1, 0.15) is 19.8 Å². The number of fused-ring (bicyclic) bond motifs is 1. The van der Waals surface area contributed by atoms with Crippen LogP contribution in [0.25, 0.3) is 11.2 Å².